The van der Waals surface area contributed by atoms with Crippen molar-refractivity contribution in [3.8, 4) is 0 Å². The molecule has 0 spiro atoms. The highest BCUT2D eigenvalue weighted by Crippen LogP contribution is 2.26. The predicted molar refractivity (Wildman–Crippen MR) is 104 cm³/mol. The quantitative estimate of drug-likeness (QED) is 0.337. The Morgan fingerprint density at radius 2 is 1.65 bits per heavy atom. The van der Waals surface area contributed by atoms with Gasteiger partial charge in [-0.1, -0.05) is 60.7 Å². The molecule has 4 rings (SSSR count). The molecule has 0 unspecified atom stereocenters. The highest BCUT2D eigenvalue weighted by atomic mass is 16.4. The molecule has 1 amide bonds. The van der Waals surface area contributed by atoms with Gasteiger partial charge in [-0.05, 0) is 34.5 Å². The number of benzene rings is 3. The Morgan fingerprint density at radius 1 is 0.885 bits per heavy atom. The van der Waals surface area contributed by atoms with Gasteiger partial charge in [0, 0.05) is 11.5 Å². The second-order valence-corrected chi connectivity index (χ2v) is 5.88. The van der Waals surface area contributed by atoms with Gasteiger partial charge in [0.05, 0.1) is 0 Å². The number of amides is 1. The fraction of sp³-hybridized carbons (Fsp3) is 0. The molecule has 0 radical (unpaired) electrons. The van der Waals surface area contributed by atoms with Gasteiger partial charge in [0.2, 0.25) is 5.91 Å². The lowest BCUT2D eigenvalue weighted by molar-refractivity contribution is -0.111. The van der Waals surface area contributed by atoms with Gasteiger partial charge in [-0.15, -0.1) is 0 Å². The first-order valence-electron chi connectivity index (χ1n) is 8.20. The van der Waals surface area contributed by atoms with Crippen molar-refractivity contribution < 1.29 is 9.21 Å². The van der Waals surface area contributed by atoms with E-state index < -0.39 is 5.63 Å². The highest BCUT2D eigenvalue weighted by molar-refractivity contribution is 6.08. The van der Waals surface area contributed by atoms with Gasteiger partial charge in [-0.25, -0.2) is 4.79 Å². The molecule has 0 bridgehead atoms. The van der Waals surface area contributed by atoms with Crippen LogP contribution in [-0.2, 0) is 4.79 Å². The van der Waals surface area contributed by atoms with Crippen LogP contribution in [0, 0.1) is 0 Å². The van der Waals surface area contributed by atoms with Crippen LogP contribution in [0.3, 0.4) is 0 Å². The molecule has 4 heteroatoms. The van der Waals surface area contributed by atoms with Crippen molar-refractivity contribution in [1.29, 1.82) is 0 Å². The number of carbonyl (C=O) groups excluding carboxylic acids is 1. The molecule has 4 nitrogen and oxygen atoms in total. The summed E-state index contributed by atoms with van der Waals surface area (Å²) in [7, 11) is 0. The smallest absolute Gasteiger partial charge is 0.360 e. The van der Waals surface area contributed by atoms with E-state index in [0.29, 0.717) is 5.58 Å². The van der Waals surface area contributed by atoms with E-state index in [4.69, 9.17) is 4.42 Å². The van der Waals surface area contributed by atoms with E-state index in [1.807, 2.05) is 60.7 Å². The third kappa shape index (κ3) is 3.13. The van der Waals surface area contributed by atoms with Crippen molar-refractivity contribution in [2.24, 2.45) is 0 Å². The van der Waals surface area contributed by atoms with Crippen LogP contribution in [0.2, 0.25) is 0 Å². The fourth-order valence-electron chi connectivity index (χ4n) is 2.87. The number of anilines is 1. The molecule has 1 aromatic heterocycles. The maximum atomic E-state index is 12.2. The molecule has 4 aromatic rings. The summed E-state index contributed by atoms with van der Waals surface area (Å²) < 4.78 is 5.37. The second-order valence-electron chi connectivity index (χ2n) is 5.88. The lowest BCUT2D eigenvalue weighted by atomic mass is 10.1. The predicted octanol–water partition coefficient (Wildman–Crippen LogP) is 4.60. The minimum Gasteiger partial charge on any atom is -0.421 e. The molecule has 0 aliphatic carbocycles. The number of fused-ring (bicyclic) bond motifs is 3. The Labute approximate surface area is 149 Å². The third-order valence-electron chi connectivity index (χ3n) is 4.13. The number of nitrogens with one attached hydrogen (secondary N) is 1. The molecule has 0 saturated heterocycles. The Kier molecular flexibility index (Phi) is 4.07. The summed E-state index contributed by atoms with van der Waals surface area (Å²) >= 11 is 0. The maximum Gasteiger partial charge on any atom is 0.360 e. The van der Waals surface area contributed by atoms with E-state index in [2.05, 4.69) is 5.32 Å². The summed E-state index contributed by atoms with van der Waals surface area (Å²) in [5, 5.41) is 5.39. The van der Waals surface area contributed by atoms with E-state index in [1.165, 1.54) is 6.08 Å². The number of hydrogen-bond acceptors (Lipinski definition) is 3. The fourth-order valence-corrected chi connectivity index (χ4v) is 2.87. The molecular weight excluding hydrogens is 326 g/mol. The average molecular weight is 341 g/mol. The Balaban J connectivity index is 1.69. The van der Waals surface area contributed by atoms with E-state index in [0.717, 1.165) is 21.7 Å². The number of hydrogen-bond donors (Lipinski definition) is 1. The Bertz CT molecular complexity index is 1190. The molecule has 3 aromatic carbocycles. The minimum absolute atomic E-state index is 0.122. The zero-order valence-electron chi connectivity index (χ0n) is 13.8. The molecule has 0 atom stereocenters. The van der Waals surface area contributed by atoms with Gasteiger partial charge in [-0.2, -0.15) is 0 Å². The van der Waals surface area contributed by atoms with Crippen molar-refractivity contribution in [3.63, 3.8) is 0 Å². The normalized spacial score (nSPS) is 11.2. The summed E-state index contributed by atoms with van der Waals surface area (Å²) in [4.78, 5) is 24.3. The third-order valence-corrected chi connectivity index (χ3v) is 4.13. The summed E-state index contributed by atoms with van der Waals surface area (Å²) in [6, 6.07) is 22.6. The summed E-state index contributed by atoms with van der Waals surface area (Å²) in [6.45, 7) is 0. The van der Waals surface area contributed by atoms with Crippen molar-refractivity contribution in [3.05, 3.63) is 94.9 Å². The van der Waals surface area contributed by atoms with Gasteiger partial charge in [-0.3, -0.25) is 4.79 Å². The number of carbonyl (C=O) groups is 1. The van der Waals surface area contributed by atoms with Crippen LogP contribution in [0.25, 0.3) is 27.8 Å². The molecule has 26 heavy (non-hydrogen) atoms. The molecular formula is C22H15NO3. The van der Waals surface area contributed by atoms with Crippen LogP contribution in [0.4, 0.5) is 5.69 Å². The molecule has 0 saturated carbocycles. The SMILES string of the molecule is O=C(C=Cc1ccccc1)Nc1cc2c(ccc3ccccc32)oc1=O. The van der Waals surface area contributed by atoms with Crippen LogP contribution in [0.5, 0.6) is 0 Å². The first-order chi connectivity index (χ1) is 12.7. The van der Waals surface area contributed by atoms with E-state index >= 15 is 0 Å². The molecule has 1 heterocycles. The van der Waals surface area contributed by atoms with Crippen molar-refractivity contribution in [1.82, 2.24) is 0 Å². The minimum atomic E-state index is -0.575. The van der Waals surface area contributed by atoms with Crippen LogP contribution in [-0.4, -0.2) is 5.91 Å². The first-order valence-corrected chi connectivity index (χ1v) is 8.20. The second kappa shape index (κ2) is 6.69. The standard InChI is InChI=1S/C22H15NO3/c24-21(13-10-15-6-2-1-3-7-15)23-19-14-18-17-9-5-4-8-16(17)11-12-20(18)26-22(19)25/h1-14H,(H,23,24). The van der Waals surface area contributed by atoms with Crippen LogP contribution in [0.15, 0.2) is 88.1 Å². The molecule has 0 aliphatic rings. The van der Waals surface area contributed by atoms with E-state index in [-0.39, 0.29) is 11.6 Å². The highest BCUT2D eigenvalue weighted by Gasteiger charge is 2.09. The van der Waals surface area contributed by atoms with Gasteiger partial charge in [0.25, 0.3) is 0 Å². The van der Waals surface area contributed by atoms with Gasteiger partial charge in [0.1, 0.15) is 11.3 Å². The molecule has 1 N–H and O–H groups in total. The lowest BCUT2D eigenvalue weighted by Crippen LogP contribution is -2.15. The monoisotopic (exact) mass is 341 g/mol. The largest absolute Gasteiger partial charge is 0.421 e. The zero-order chi connectivity index (χ0) is 17.9. The Hall–Kier alpha value is -3.66. The van der Waals surface area contributed by atoms with Crippen molar-refractivity contribution >= 4 is 39.4 Å². The maximum absolute atomic E-state index is 12.2. The zero-order valence-corrected chi connectivity index (χ0v) is 13.8. The average Bonchev–Trinajstić information content (AvgIpc) is 2.68. The van der Waals surface area contributed by atoms with Gasteiger partial charge < -0.3 is 9.73 Å². The molecule has 0 aliphatic heterocycles. The van der Waals surface area contributed by atoms with Crippen LogP contribution >= 0.6 is 0 Å². The topological polar surface area (TPSA) is 59.3 Å². The van der Waals surface area contributed by atoms with Gasteiger partial charge in [0.15, 0.2) is 0 Å². The van der Waals surface area contributed by atoms with Gasteiger partial charge >= 0.3 is 5.63 Å². The summed E-state index contributed by atoms with van der Waals surface area (Å²) in [5.74, 6) is -0.388. The van der Waals surface area contributed by atoms with Crippen molar-refractivity contribution in [2.75, 3.05) is 5.32 Å². The van der Waals surface area contributed by atoms with E-state index in [9.17, 15) is 9.59 Å². The van der Waals surface area contributed by atoms with Crippen LogP contribution in [0.1, 0.15) is 5.56 Å². The molecule has 126 valence electrons. The van der Waals surface area contributed by atoms with E-state index in [1.54, 1.807) is 18.2 Å². The first kappa shape index (κ1) is 15.8. The summed E-state index contributed by atoms with van der Waals surface area (Å²) in [6.07, 6.45) is 3.08. The van der Waals surface area contributed by atoms with Crippen molar-refractivity contribution in [2.45, 2.75) is 0 Å². The lowest BCUT2D eigenvalue weighted by Gasteiger charge is -2.05. The number of rotatable bonds is 3. The van der Waals surface area contributed by atoms with Crippen LogP contribution < -0.4 is 10.9 Å². The summed E-state index contributed by atoms with van der Waals surface area (Å²) in [5.41, 5.74) is 0.941. The molecule has 0 fully saturated rings. The Morgan fingerprint density at radius 3 is 2.50 bits per heavy atom.